The average molecular weight is 422 g/mol. The summed E-state index contributed by atoms with van der Waals surface area (Å²) in [6, 6.07) is 7.83. The van der Waals surface area contributed by atoms with Gasteiger partial charge in [-0.1, -0.05) is 13.8 Å². The van der Waals surface area contributed by atoms with Crippen molar-refractivity contribution in [2.45, 2.75) is 39.8 Å². The summed E-state index contributed by atoms with van der Waals surface area (Å²) >= 11 is 5.22. The first-order chi connectivity index (χ1) is 12.0. The van der Waals surface area contributed by atoms with Gasteiger partial charge in [0.25, 0.3) is 5.91 Å². The van der Waals surface area contributed by atoms with Gasteiger partial charge in [0.1, 0.15) is 5.76 Å². The molecule has 0 fully saturated rings. The fourth-order valence-corrected chi connectivity index (χ4v) is 4.28. The summed E-state index contributed by atoms with van der Waals surface area (Å²) in [5.41, 5.74) is 1.33. The van der Waals surface area contributed by atoms with Gasteiger partial charge in [0.15, 0.2) is 5.69 Å². The van der Waals surface area contributed by atoms with Gasteiger partial charge in [-0.25, -0.2) is 0 Å². The number of carbonyl (C=O) groups is 1. The second-order valence-corrected chi connectivity index (χ2v) is 8.37. The normalized spacial score (nSPS) is 11.2. The molecule has 0 atom stereocenters. The van der Waals surface area contributed by atoms with Crippen LogP contribution in [0.4, 0.5) is 0 Å². The molecule has 0 saturated heterocycles. The van der Waals surface area contributed by atoms with Crippen LogP contribution in [0, 0.1) is 6.92 Å². The number of aryl methyl sites for hydroxylation is 1. The Labute approximate surface area is 159 Å². The van der Waals surface area contributed by atoms with Gasteiger partial charge in [0.2, 0.25) is 0 Å². The first-order valence-electron chi connectivity index (χ1n) is 8.06. The van der Waals surface area contributed by atoms with Crippen molar-refractivity contribution in [3.63, 3.8) is 0 Å². The number of furan rings is 1. The summed E-state index contributed by atoms with van der Waals surface area (Å²) in [4.78, 5) is 17.2. The Balaban J connectivity index is 1.88. The van der Waals surface area contributed by atoms with E-state index in [0.29, 0.717) is 18.8 Å². The van der Waals surface area contributed by atoms with Crippen molar-refractivity contribution in [1.82, 2.24) is 15.1 Å². The van der Waals surface area contributed by atoms with Gasteiger partial charge in [0, 0.05) is 9.75 Å². The number of H-pyrrole nitrogens is 1. The Morgan fingerprint density at radius 1 is 1.36 bits per heavy atom. The van der Waals surface area contributed by atoms with E-state index in [-0.39, 0.29) is 11.8 Å². The number of thiophene rings is 1. The zero-order valence-electron chi connectivity index (χ0n) is 14.4. The van der Waals surface area contributed by atoms with Crippen molar-refractivity contribution >= 4 is 33.2 Å². The largest absolute Gasteiger partial charge is 0.467 e. The SMILES string of the molecule is Cc1ccc(CN(Cc2ccco2)C(=O)c2n[nH]c(C(C)C)c2Br)s1. The summed E-state index contributed by atoms with van der Waals surface area (Å²) in [5, 5.41) is 7.21. The topological polar surface area (TPSA) is 62.1 Å². The Bertz CT molecular complexity index is 852. The van der Waals surface area contributed by atoms with Crippen LogP contribution < -0.4 is 0 Å². The van der Waals surface area contributed by atoms with E-state index in [1.54, 1.807) is 22.5 Å². The van der Waals surface area contributed by atoms with E-state index in [4.69, 9.17) is 4.42 Å². The third kappa shape index (κ3) is 4.04. The monoisotopic (exact) mass is 421 g/mol. The summed E-state index contributed by atoms with van der Waals surface area (Å²) in [5.74, 6) is 0.872. The van der Waals surface area contributed by atoms with Crippen LogP contribution in [0.15, 0.2) is 39.4 Å². The van der Waals surface area contributed by atoms with E-state index in [1.807, 2.05) is 12.1 Å². The van der Waals surface area contributed by atoms with Gasteiger partial charge in [-0.2, -0.15) is 5.10 Å². The van der Waals surface area contributed by atoms with Crippen molar-refractivity contribution in [3.8, 4) is 0 Å². The predicted molar refractivity (Wildman–Crippen MR) is 102 cm³/mol. The lowest BCUT2D eigenvalue weighted by Gasteiger charge is -2.20. The molecule has 1 N–H and O–H groups in total. The minimum atomic E-state index is -0.127. The molecular formula is C18H20BrN3O2S. The van der Waals surface area contributed by atoms with Crippen LogP contribution >= 0.6 is 27.3 Å². The number of nitrogens with zero attached hydrogens (tertiary/aromatic N) is 2. The quantitative estimate of drug-likeness (QED) is 0.601. The number of hydrogen-bond acceptors (Lipinski definition) is 4. The molecule has 0 saturated carbocycles. The maximum absolute atomic E-state index is 13.1. The number of hydrogen-bond donors (Lipinski definition) is 1. The molecule has 25 heavy (non-hydrogen) atoms. The summed E-state index contributed by atoms with van der Waals surface area (Å²) in [6.45, 7) is 7.10. The number of aromatic nitrogens is 2. The maximum Gasteiger partial charge on any atom is 0.276 e. The third-order valence-corrected chi connectivity index (χ3v) is 5.66. The standard InChI is InChI=1S/C18H20BrN3O2S/c1-11(2)16-15(19)17(21-20-16)18(23)22(9-13-5-4-8-24-13)10-14-7-6-12(3)25-14/h4-8,11H,9-10H2,1-3H3,(H,20,21). The third-order valence-electron chi connectivity index (χ3n) is 3.87. The molecule has 1 amide bonds. The molecule has 5 nitrogen and oxygen atoms in total. The smallest absolute Gasteiger partial charge is 0.276 e. The molecule has 0 aliphatic carbocycles. The number of aromatic amines is 1. The second-order valence-electron chi connectivity index (χ2n) is 6.21. The molecule has 3 aromatic rings. The Morgan fingerprint density at radius 3 is 2.72 bits per heavy atom. The number of carbonyl (C=O) groups excluding carboxylic acids is 1. The summed E-state index contributed by atoms with van der Waals surface area (Å²) < 4.78 is 6.17. The second kappa shape index (κ2) is 7.58. The van der Waals surface area contributed by atoms with Crippen LogP contribution in [0.5, 0.6) is 0 Å². The van der Waals surface area contributed by atoms with E-state index < -0.39 is 0 Å². The minimum Gasteiger partial charge on any atom is -0.467 e. The molecule has 0 bridgehead atoms. The number of nitrogens with one attached hydrogen (secondary N) is 1. The van der Waals surface area contributed by atoms with Gasteiger partial charge in [0.05, 0.1) is 29.5 Å². The van der Waals surface area contributed by atoms with Gasteiger partial charge in [-0.3, -0.25) is 9.89 Å². The first-order valence-corrected chi connectivity index (χ1v) is 9.67. The van der Waals surface area contributed by atoms with Crippen LogP contribution in [0.3, 0.4) is 0 Å². The molecule has 3 aromatic heterocycles. The van der Waals surface area contributed by atoms with Crippen LogP contribution in [0.25, 0.3) is 0 Å². The molecule has 3 heterocycles. The molecular weight excluding hydrogens is 402 g/mol. The van der Waals surface area contributed by atoms with Gasteiger partial charge >= 0.3 is 0 Å². The number of rotatable bonds is 6. The zero-order valence-corrected chi connectivity index (χ0v) is 16.8. The molecule has 0 aliphatic rings. The van der Waals surface area contributed by atoms with E-state index >= 15 is 0 Å². The van der Waals surface area contributed by atoms with Crippen LogP contribution in [0.1, 0.15) is 51.5 Å². The van der Waals surface area contributed by atoms with Crippen molar-refractivity contribution in [2.75, 3.05) is 0 Å². The highest BCUT2D eigenvalue weighted by atomic mass is 79.9. The highest BCUT2D eigenvalue weighted by Gasteiger charge is 2.25. The Kier molecular flexibility index (Phi) is 5.44. The minimum absolute atomic E-state index is 0.127. The van der Waals surface area contributed by atoms with Crippen LogP contribution in [-0.4, -0.2) is 21.0 Å². The summed E-state index contributed by atoms with van der Waals surface area (Å²) in [7, 11) is 0. The summed E-state index contributed by atoms with van der Waals surface area (Å²) in [6.07, 6.45) is 1.62. The van der Waals surface area contributed by atoms with Gasteiger partial charge in [-0.15, -0.1) is 11.3 Å². The van der Waals surface area contributed by atoms with Gasteiger partial charge in [-0.05, 0) is 53.0 Å². The highest BCUT2D eigenvalue weighted by Crippen LogP contribution is 2.28. The van der Waals surface area contributed by atoms with Crippen molar-refractivity contribution < 1.29 is 9.21 Å². The molecule has 0 spiro atoms. The van der Waals surface area contributed by atoms with Crippen LogP contribution in [-0.2, 0) is 13.1 Å². The van der Waals surface area contributed by atoms with E-state index in [9.17, 15) is 4.79 Å². The molecule has 0 unspecified atom stereocenters. The fourth-order valence-electron chi connectivity index (χ4n) is 2.56. The first kappa shape index (κ1) is 17.9. The Morgan fingerprint density at radius 2 is 2.16 bits per heavy atom. The predicted octanol–water partition coefficient (Wildman–Crippen LogP) is 5.10. The molecule has 3 rings (SSSR count). The Hall–Kier alpha value is -1.86. The fraction of sp³-hybridized carbons (Fsp3) is 0.333. The number of amides is 1. The molecule has 0 aliphatic heterocycles. The molecule has 0 aromatic carbocycles. The van der Waals surface area contributed by atoms with Gasteiger partial charge < -0.3 is 9.32 Å². The lowest BCUT2D eigenvalue weighted by molar-refractivity contribution is 0.0712. The van der Waals surface area contributed by atoms with E-state index in [0.717, 1.165) is 20.8 Å². The maximum atomic E-state index is 13.1. The van der Waals surface area contributed by atoms with Crippen molar-refractivity contribution in [3.05, 3.63) is 61.9 Å². The van der Waals surface area contributed by atoms with E-state index in [1.165, 1.54) is 4.88 Å². The average Bonchev–Trinajstić information content (AvgIpc) is 3.28. The lowest BCUT2D eigenvalue weighted by Crippen LogP contribution is -2.30. The molecule has 132 valence electrons. The van der Waals surface area contributed by atoms with E-state index in [2.05, 4.69) is 59.0 Å². The zero-order chi connectivity index (χ0) is 18.0. The molecule has 7 heteroatoms. The van der Waals surface area contributed by atoms with Crippen LogP contribution in [0.2, 0.25) is 0 Å². The molecule has 0 radical (unpaired) electrons. The lowest BCUT2D eigenvalue weighted by atomic mass is 10.1. The number of halogens is 1. The highest BCUT2D eigenvalue weighted by molar-refractivity contribution is 9.10. The van der Waals surface area contributed by atoms with Crippen molar-refractivity contribution in [2.24, 2.45) is 0 Å². The van der Waals surface area contributed by atoms with Crippen molar-refractivity contribution in [1.29, 1.82) is 0 Å².